The third kappa shape index (κ3) is 5.53. The Labute approximate surface area is 202 Å². The number of nitrogens with zero attached hydrogens (tertiary/aromatic N) is 4. The van der Waals surface area contributed by atoms with Crippen LogP contribution in [0.5, 0.6) is 0 Å². The maximum Gasteiger partial charge on any atom is 0.236 e. The van der Waals surface area contributed by atoms with E-state index in [1.165, 1.54) is 0 Å². The molecule has 0 radical (unpaired) electrons. The van der Waals surface area contributed by atoms with E-state index in [-0.39, 0.29) is 24.0 Å². The van der Waals surface area contributed by atoms with Crippen molar-refractivity contribution >= 4 is 41.3 Å². The number of thiophene rings is 1. The lowest BCUT2D eigenvalue weighted by Crippen LogP contribution is -2.36. The van der Waals surface area contributed by atoms with Crippen LogP contribution in [-0.2, 0) is 13.1 Å². The second-order valence-electron chi connectivity index (χ2n) is 6.87. The molecule has 1 aromatic carbocycles. The molecule has 2 N–H and O–H groups in total. The summed E-state index contributed by atoms with van der Waals surface area (Å²) in [5.74, 6) is 1.34. The van der Waals surface area contributed by atoms with Crippen LogP contribution < -0.4 is 10.6 Å². The van der Waals surface area contributed by atoms with Crippen molar-refractivity contribution in [2.75, 3.05) is 7.05 Å². The topological polar surface area (TPSA) is 80.3 Å². The summed E-state index contributed by atoms with van der Waals surface area (Å²) in [4.78, 5) is 9.86. The Bertz CT molecular complexity index is 1150. The van der Waals surface area contributed by atoms with Crippen molar-refractivity contribution in [1.82, 2.24) is 25.4 Å². The van der Waals surface area contributed by atoms with E-state index < -0.39 is 0 Å². The van der Waals surface area contributed by atoms with Gasteiger partial charge in [0.25, 0.3) is 0 Å². The molecule has 4 rings (SSSR count). The molecule has 0 saturated carbocycles. The molecule has 0 amide bonds. The molecule has 3 heterocycles. The number of aliphatic imine (C=N–C) groups is 1. The molecule has 0 saturated heterocycles. The lowest BCUT2D eigenvalue weighted by molar-refractivity contribution is 0.573. The molecule has 0 aliphatic rings. The van der Waals surface area contributed by atoms with Crippen LogP contribution in [0.2, 0.25) is 0 Å². The molecule has 7 nitrogen and oxygen atoms in total. The number of aryl methyl sites for hydroxylation is 2. The van der Waals surface area contributed by atoms with Gasteiger partial charge in [-0.1, -0.05) is 24.3 Å². The molecule has 0 aliphatic heterocycles. The largest absolute Gasteiger partial charge is 0.443 e. The molecule has 0 unspecified atom stereocenters. The molecule has 0 aliphatic carbocycles. The van der Waals surface area contributed by atoms with Crippen LogP contribution in [0.3, 0.4) is 0 Å². The highest BCUT2D eigenvalue weighted by Crippen LogP contribution is 2.23. The Morgan fingerprint density at radius 3 is 2.65 bits per heavy atom. The maximum absolute atomic E-state index is 5.57. The first-order chi connectivity index (χ1) is 14.6. The fraction of sp³-hybridized carbons (Fsp3) is 0.227. The highest BCUT2D eigenvalue weighted by Gasteiger charge is 2.10. The Morgan fingerprint density at radius 2 is 1.94 bits per heavy atom. The molecule has 162 valence electrons. The third-order valence-electron chi connectivity index (χ3n) is 4.62. The summed E-state index contributed by atoms with van der Waals surface area (Å²) >= 11 is 1.61. The summed E-state index contributed by atoms with van der Waals surface area (Å²) in [5, 5.41) is 13.3. The molecule has 3 aromatic heterocycles. The fourth-order valence-corrected chi connectivity index (χ4v) is 3.87. The number of rotatable bonds is 6. The van der Waals surface area contributed by atoms with Gasteiger partial charge in [0.15, 0.2) is 5.96 Å². The first kappa shape index (κ1) is 23.0. The van der Waals surface area contributed by atoms with Crippen molar-refractivity contribution < 1.29 is 4.42 Å². The van der Waals surface area contributed by atoms with Crippen molar-refractivity contribution in [3.63, 3.8) is 0 Å². The van der Waals surface area contributed by atoms with Crippen molar-refractivity contribution in [3.05, 3.63) is 76.8 Å². The Morgan fingerprint density at radius 1 is 1.13 bits per heavy atom. The zero-order valence-electron chi connectivity index (χ0n) is 17.6. The molecule has 0 fully saturated rings. The zero-order chi connectivity index (χ0) is 20.9. The zero-order valence-corrected chi connectivity index (χ0v) is 20.8. The van der Waals surface area contributed by atoms with E-state index in [9.17, 15) is 0 Å². The van der Waals surface area contributed by atoms with Gasteiger partial charge < -0.3 is 15.1 Å². The monoisotopic (exact) mass is 548 g/mol. The van der Waals surface area contributed by atoms with Crippen LogP contribution >= 0.6 is 35.3 Å². The van der Waals surface area contributed by atoms with Crippen LogP contribution in [0.4, 0.5) is 0 Å². The SMILES string of the molecule is CN=C(NCc1coc(-c2cccs2)n1)NCc1ccccc1-n1nc(C)cc1C.I. The normalized spacial score (nSPS) is 11.3. The van der Waals surface area contributed by atoms with Gasteiger partial charge in [0, 0.05) is 19.3 Å². The number of aromatic nitrogens is 3. The van der Waals surface area contributed by atoms with Crippen molar-refractivity contribution in [3.8, 4) is 16.5 Å². The van der Waals surface area contributed by atoms with Crippen LogP contribution in [-0.4, -0.2) is 27.8 Å². The minimum absolute atomic E-state index is 0. The molecule has 31 heavy (non-hydrogen) atoms. The maximum atomic E-state index is 5.57. The van der Waals surface area contributed by atoms with Crippen LogP contribution in [0.15, 0.2) is 63.5 Å². The van der Waals surface area contributed by atoms with Crippen LogP contribution in [0, 0.1) is 13.8 Å². The summed E-state index contributed by atoms with van der Waals surface area (Å²) in [6.45, 7) is 5.21. The summed E-state index contributed by atoms with van der Waals surface area (Å²) in [5.41, 5.74) is 5.12. The highest BCUT2D eigenvalue weighted by atomic mass is 127. The van der Waals surface area contributed by atoms with Crippen molar-refractivity contribution in [1.29, 1.82) is 0 Å². The predicted molar refractivity (Wildman–Crippen MR) is 135 cm³/mol. The van der Waals surface area contributed by atoms with E-state index in [2.05, 4.69) is 50.8 Å². The lowest BCUT2D eigenvalue weighted by Gasteiger charge is -2.14. The summed E-state index contributed by atoms with van der Waals surface area (Å²) in [7, 11) is 1.75. The van der Waals surface area contributed by atoms with Gasteiger partial charge >= 0.3 is 0 Å². The summed E-state index contributed by atoms with van der Waals surface area (Å²) in [6.07, 6.45) is 1.67. The van der Waals surface area contributed by atoms with Gasteiger partial charge in [0.1, 0.15) is 6.26 Å². The molecule has 4 aromatic rings. The van der Waals surface area contributed by atoms with E-state index >= 15 is 0 Å². The summed E-state index contributed by atoms with van der Waals surface area (Å²) < 4.78 is 7.55. The molecular weight excluding hydrogens is 523 g/mol. The lowest BCUT2D eigenvalue weighted by atomic mass is 10.1. The molecule has 9 heteroatoms. The van der Waals surface area contributed by atoms with Gasteiger partial charge in [0.05, 0.1) is 28.5 Å². The Kier molecular flexibility index (Phi) is 7.85. The van der Waals surface area contributed by atoms with E-state index in [4.69, 9.17) is 4.42 Å². The Hall–Kier alpha value is -2.66. The third-order valence-corrected chi connectivity index (χ3v) is 5.48. The van der Waals surface area contributed by atoms with Gasteiger partial charge in [-0.25, -0.2) is 9.67 Å². The standard InChI is InChI=1S/C22H24N6OS.HI/c1-15-11-16(2)28(27-15)19-8-5-4-7-17(19)12-24-22(23-3)25-13-18-14-29-21(26-18)20-9-6-10-30-20;/h4-11,14H,12-13H2,1-3H3,(H2,23,24,25);1H. The van der Waals surface area contributed by atoms with Gasteiger partial charge in [-0.2, -0.15) is 5.10 Å². The Balaban J connectivity index is 0.00000272. The highest BCUT2D eigenvalue weighted by molar-refractivity contribution is 14.0. The van der Waals surface area contributed by atoms with Gasteiger partial charge in [0.2, 0.25) is 5.89 Å². The number of halogens is 1. The van der Waals surface area contributed by atoms with Crippen LogP contribution in [0.1, 0.15) is 22.6 Å². The van der Waals surface area contributed by atoms with Crippen molar-refractivity contribution in [2.45, 2.75) is 26.9 Å². The van der Waals surface area contributed by atoms with E-state index in [0.29, 0.717) is 24.9 Å². The molecule has 0 bridgehead atoms. The predicted octanol–water partition coefficient (Wildman–Crippen LogP) is 4.69. The van der Waals surface area contributed by atoms with Gasteiger partial charge in [-0.15, -0.1) is 35.3 Å². The summed E-state index contributed by atoms with van der Waals surface area (Å²) in [6, 6.07) is 14.3. The number of hydrogen-bond acceptors (Lipinski definition) is 5. The molecule has 0 spiro atoms. The number of para-hydroxylation sites is 1. The first-order valence-corrected chi connectivity index (χ1v) is 10.6. The van der Waals surface area contributed by atoms with E-state index in [0.717, 1.165) is 33.2 Å². The van der Waals surface area contributed by atoms with Crippen molar-refractivity contribution in [2.24, 2.45) is 4.99 Å². The molecule has 0 atom stereocenters. The number of benzene rings is 1. The number of guanidine groups is 1. The van der Waals surface area contributed by atoms with Crippen LogP contribution in [0.25, 0.3) is 16.5 Å². The van der Waals surface area contributed by atoms with E-state index in [1.54, 1.807) is 24.6 Å². The second kappa shape index (κ2) is 10.6. The quantitative estimate of drug-likeness (QED) is 0.208. The van der Waals surface area contributed by atoms with Gasteiger partial charge in [-0.3, -0.25) is 4.99 Å². The minimum atomic E-state index is 0. The first-order valence-electron chi connectivity index (χ1n) is 9.68. The average Bonchev–Trinajstić information content (AvgIpc) is 3.49. The van der Waals surface area contributed by atoms with Gasteiger partial charge in [-0.05, 0) is 43.0 Å². The smallest absolute Gasteiger partial charge is 0.236 e. The second-order valence-corrected chi connectivity index (χ2v) is 7.82. The number of hydrogen-bond donors (Lipinski definition) is 2. The van der Waals surface area contributed by atoms with E-state index in [1.807, 2.05) is 41.3 Å². The number of nitrogens with one attached hydrogen (secondary N) is 2. The minimum Gasteiger partial charge on any atom is -0.443 e. The number of oxazole rings is 1. The fourth-order valence-electron chi connectivity index (χ4n) is 3.22. The molecular formula is C22H25IN6OS. The average molecular weight is 548 g/mol.